The second kappa shape index (κ2) is 2.72. The van der Waals surface area contributed by atoms with E-state index in [2.05, 4.69) is 4.98 Å². The van der Waals surface area contributed by atoms with Crippen molar-refractivity contribution in [3.63, 3.8) is 0 Å². The Bertz CT molecular complexity index is 274. The van der Waals surface area contributed by atoms with E-state index in [1.807, 2.05) is 13.8 Å². The van der Waals surface area contributed by atoms with Crippen molar-refractivity contribution in [2.24, 2.45) is 0 Å². The molecule has 0 bridgehead atoms. The van der Waals surface area contributed by atoms with Crippen LogP contribution in [0.15, 0.2) is 0 Å². The lowest BCUT2D eigenvalue weighted by molar-refractivity contribution is 0.448. The molecule has 0 atom stereocenters. The quantitative estimate of drug-likeness (QED) is 0.644. The van der Waals surface area contributed by atoms with Crippen molar-refractivity contribution in [1.82, 2.24) is 4.98 Å². The fraction of sp³-hybridized carbons (Fsp3) is 0.500. The molecule has 0 aliphatic carbocycles. The molecule has 0 saturated carbocycles. The minimum absolute atomic E-state index is 0.227. The molecule has 4 heteroatoms. The van der Waals surface area contributed by atoms with Crippen molar-refractivity contribution in [3.8, 4) is 5.88 Å². The third-order valence-corrected chi connectivity index (χ3v) is 2.71. The molecule has 2 N–H and O–H groups in total. The van der Waals surface area contributed by atoms with E-state index in [0.717, 1.165) is 4.88 Å². The first-order valence-electron chi connectivity index (χ1n) is 3.03. The molecule has 0 aromatic carbocycles. The first-order valence-corrected chi connectivity index (χ1v) is 4.25. The van der Waals surface area contributed by atoms with E-state index < -0.39 is 0 Å². The number of aromatic amines is 1. The van der Waals surface area contributed by atoms with Gasteiger partial charge in [0.05, 0.1) is 4.88 Å². The third kappa shape index (κ3) is 1.38. The number of aromatic hydroxyl groups is 1. The predicted octanol–water partition coefficient (Wildman–Crippen LogP) is 2.63. The lowest BCUT2D eigenvalue weighted by Gasteiger charge is -1.97. The van der Waals surface area contributed by atoms with Gasteiger partial charge in [0.15, 0.2) is 3.95 Å². The minimum Gasteiger partial charge on any atom is -0.494 e. The number of H-pyrrole nitrogens is 1. The average Bonchev–Trinajstić information content (AvgIpc) is 2.10. The molecule has 56 valence electrons. The summed E-state index contributed by atoms with van der Waals surface area (Å²) >= 11 is 6.27. The summed E-state index contributed by atoms with van der Waals surface area (Å²) in [6, 6.07) is 0. The molecular formula is C6H9NOS2. The highest BCUT2D eigenvalue weighted by Gasteiger charge is 2.07. The molecule has 0 unspecified atom stereocenters. The van der Waals surface area contributed by atoms with E-state index in [0.29, 0.717) is 9.87 Å². The molecular weight excluding hydrogens is 166 g/mol. The molecule has 1 aromatic rings. The van der Waals surface area contributed by atoms with Crippen LogP contribution in [0, 0.1) is 3.95 Å². The van der Waals surface area contributed by atoms with E-state index in [1.54, 1.807) is 0 Å². The van der Waals surface area contributed by atoms with Gasteiger partial charge in [-0.1, -0.05) is 13.8 Å². The molecule has 10 heavy (non-hydrogen) atoms. The van der Waals surface area contributed by atoms with Crippen LogP contribution in [-0.2, 0) is 0 Å². The SMILES string of the molecule is CC(C)c1sc(=S)[nH]c1O. The summed E-state index contributed by atoms with van der Waals surface area (Å²) in [4.78, 5) is 3.61. The second-order valence-corrected chi connectivity index (χ2v) is 4.10. The lowest BCUT2D eigenvalue weighted by atomic mass is 10.2. The standard InChI is InChI=1S/C6H9NOS2/c1-3(2)4-5(8)7-6(9)10-4/h3,8H,1-2H3,(H,7,9). The van der Waals surface area contributed by atoms with E-state index in [4.69, 9.17) is 12.2 Å². The summed E-state index contributed by atoms with van der Waals surface area (Å²) in [6.45, 7) is 4.04. The van der Waals surface area contributed by atoms with E-state index >= 15 is 0 Å². The molecule has 0 radical (unpaired) electrons. The van der Waals surface area contributed by atoms with Gasteiger partial charge >= 0.3 is 0 Å². The zero-order chi connectivity index (χ0) is 7.72. The van der Waals surface area contributed by atoms with Gasteiger partial charge in [0, 0.05) is 0 Å². The number of aromatic nitrogens is 1. The highest BCUT2D eigenvalue weighted by Crippen LogP contribution is 2.28. The Morgan fingerprint density at radius 3 is 2.40 bits per heavy atom. The summed E-state index contributed by atoms with van der Waals surface area (Å²) < 4.78 is 0.640. The first-order chi connectivity index (χ1) is 4.61. The fourth-order valence-electron chi connectivity index (χ4n) is 0.723. The Hall–Kier alpha value is -0.350. The zero-order valence-corrected chi connectivity index (χ0v) is 7.47. The van der Waals surface area contributed by atoms with Crippen molar-refractivity contribution < 1.29 is 5.11 Å². The maximum absolute atomic E-state index is 9.19. The van der Waals surface area contributed by atoms with Crippen molar-refractivity contribution in [2.75, 3.05) is 0 Å². The van der Waals surface area contributed by atoms with Gasteiger partial charge in [-0.05, 0) is 18.1 Å². The number of rotatable bonds is 1. The topological polar surface area (TPSA) is 36.0 Å². The molecule has 1 rings (SSSR count). The molecule has 0 aliphatic rings. The molecule has 0 aliphatic heterocycles. The van der Waals surface area contributed by atoms with Gasteiger partial charge in [-0.15, -0.1) is 11.3 Å². The summed E-state index contributed by atoms with van der Waals surface area (Å²) in [5.74, 6) is 0.572. The van der Waals surface area contributed by atoms with E-state index in [-0.39, 0.29) is 5.88 Å². The van der Waals surface area contributed by atoms with Crippen LogP contribution in [0.3, 0.4) is 0 Å². The summed E-state index contributed by atoms with van der Waals surface area (Å²) in [5, 5.41) is 9.19. The van der Waals surface area contributed by atoms with Gasteiger partial charge in [0.2, 0.25) is 5.88 Å². The number of thiazole rings is 1. The van der Waals surface area contributed by atoms with Crippen LogP contribution in [0.25, 0.3) is 0 Å². The van der Waals surface area contributed by atoms with Crippen molar-refractivity contribution in [2.45, 2.75) is 19.8 Å². The normalized spacial score (nSPS) is 10.7. The maximum atomic E-state index is 9.19. The van der Waals surface area contributed by atoms with E-state index in [9.17, 15) is 5.11 Å². The Kier molecular flexibility index (Phi) is 2.11. The molecule has 0 amide bonds. The van der Waals surface area contributed by atoms with Gasteiger partial charge in [0.25, 0.3) is 0 Å². The van der Waals surface area contributed by atoms with Crippen LogP contribution < -0.4 is 0 Å². The van der Waals surface area contributed by atoms with E-state index in [1.165, 1.54) is 11.3 Å². The Morgan fingerprint density at radius 2 is 2.20 bits per heavy atom. The van der Waals surface area contributed by atoms with Gasteiger partial charge in [-0.25, -0.2) is 0 Å². The predicted molar refractivity (Wildman–Crippen MR) is 45.3 cm³/mol. The Morgan fingerprint density at radius 1 is 1.60 bits per heavy atom. The molecule has 1 aromatic heterocycles. The maximum Gasteiger partial charge on any atom is 0.203 e. The zero-order valence-electron chi connectivity index (χ0n) is 5.84. The van der Waals surface area contributed by atoms with Crippen molar-refractivity contribution in [3.05, 3.63) is 8.83 Å². The van der Waals surface area contributed by atoms with Crippen molar-refractivity contribution >= 4 is 23.6 Å². The van der Waals surface area contributed by atoms with Crippen molar-refractivity contribution in [1.29, 1.82) is 0 Å². The fourth-order valence-corrected chi connectivity index (χ4v) is 1.82. The van der Waals surface area contributed by atoms with Crippen LogP contribution in [-0.4, -0.2) is 10.1 Å². The monoisotopic (exact) mass is 175 g/mol. The van der Waals surface area contributed by atoms with Gasteiger partial charge < -0.3 is 10.1 Å². The Balaban J connectivity index is 3.15. The van der Waals surface area contributed by atoms with Crippen LogP contribution in [0.2, 0.25) is 0 Å². The molecule has 2 nitrogen and oxygen atoms in total. The molecule has 0 fully saturated rings. The van der Waals surface area contributed by atoms with Gasteiger partial charge in [-0.2, -0.15) is 0 Å². The highest BCUT2D eigenvalue weighted by atomic mass is 32.1. The van der Waals surface area contributed by atoms with Crippen LogP contribution >= 0.6 is 23.6 Å². The Labute approximate surface area is 68.5 Å². The summed E-state index contributed by atoms with van der Waals surface area (Å²) in [5.41, 5.74) is 0. The molecule has 1 heterocycles. The minimum atomic E-state index is 0.227. The largest absolute Gasteiger partial charge is 0.494 e. The molecule has 0 spiro atoms. The molecule has 0 saturated heterocycles. The summed E-state index contributed by atoms with van der Waals surface area (Å²) in [6.07, 6.45) is 0. The van der Waals surface area contributed by atoms with Gasteiger partial charge in [-0.3, -0.25) is 0 Å². The smallest absolute Gasteiger partial charge is 0.203 e. The van der Waals surface area contributed by atoms with Crippen LogP contribution in [0.1, 0.15) is 24.6 Å². The number of nitrogens with one attached hydrogen (secondary N) is 1. The second-order valence-electron chi connectivity index (χ2n) is 2.38. The highest BCUT2D eigenvalue weighted by molar-refractivity contribution is 7.73. The average molecular weight is 175 g/mol. The van der Waals surface area contributed by atoms with Crippen LogP contribution in [0.5, 0.6) is 5.88 Å². The van der Waals surface area contributed by atoms with Crippen LogP contribution in [0.4, 0.5) is 0 Å². The third-order valence-electron chi connectivity index (χ3n) is 1.18. The summed E-state index contributed by atoms with van der Waals surface area (Å²) in [7, 11) is 0. The van der Waals surface area contributed by atoms with Gasteiger partial charge in [0.1, 0.15) is 0 Å². The first kappa shape index (κ1) is 7.75. The lowest BCUT2D eigenvalue weighted by Crippen LogP contribution is -1.80. The number of hydrogen-bond donors (Lipinski definition) is 2. The number of hydrogen-bond acceptors (Lipinski definition) is 3.